The van der Waals surface area contributed by atoms with Gasteiger partial charge in [-0.2, -0.15) is 0 Å². The second-order valence-electron chi connectivity index (χ2n) is 5.45. The van der Waals surface area contributed by atoms with E-state index in [0.29, 0.717) is 11.3 Å². The van der Waals surface area contributed by atoms with Crippen LogP contribution in [-0.4, -0.2) is 29.1 Å². The van der Waals surface area contributed by atoms with Gasteiger partial charge in [-0.3, -0.25) is 4.79 Å². The molecule has 1 aromatic rings. The average molecular weight is 276 g/mol. The molecule has 5 heteroatoms. The fourth-order valence-corrected chi connectivity index (χ4v) is 1.44. The molecule has 0 fully saturated rings. The van der Waals surface area contributed by atoms with Crippen LogP contribution >= 0.6 is 0 Å². The molecule has 3 N–H and O–H groups in total. The number of benzene rings is 1. The summed E-state index contributed by atoms with van der Waals surface area (Å²) < 4.78 is 0. The maximum Gasteiger partial charge on any atom is 0.328 e. The van der Waals surface area contributed by atoms with E-state index >= 15 is 0 Å². The summed E-state index contributed by atoms with van der Waals surface area (Å²) in [6, 6.07) is 7.00. The minimum Gasteiger partial charge on any atom is -0.478 e. The minimum atomic E-state index is -1.01. The van der Waals surface area contributed by atoms with Crippen molar-refractivity contribution in [2.24, 2.45) is 0 Å². The molecule has 0 bridgehead atoms. The molecule has 0 unspecified atom stereocenters. The third-order valence-corrected chi connectivity index (χ3v) is 2.37. The first-order chi connectivity index (χ1) is 9.26. The highest BCUT2D eigenvalue weighted by Crippen LogP contribution is 2.12. The molecule has 0 aromatic heterocycles. The van der Waals surface area contributed by atoms with Crippen LogP contribution in [0.5, 0.6) is 0 Å². The first-order valence-electron chi connectivity index (χ1n) is 6.32. The van der Waals surface area contributed by atoms with Gasteiger partial charge in [0.05, 0.1) is 6.54 Å². The van der Waals surface area contributed by atoms with Gasteiger partial charge in [0.2, 0.25) is 5.91 Å². The number of nitrogens with one attached hydrogen (secondary N) is 2. The van der Waals surface area contributed by atoms with Gasteiger partial charge in [-0.25, -0.2) is 4.79 Å². The number of hydrogen-bond acceptors (Lipinski definition) is 3. The van der Waals surface area contributed by atoms with E-state index in [1.807, 2.05) is 20.8 Å². The monoisotopic (exact) mass is 276 g/mol. The van der Waals surface area contributed by atoms with Crippen LogP contribution in [0.3, 0.4) is 0 Å². The number of aliphatic carboxylic acids is 1. The number of rotatable bonds is 5. The predicted octanol–water partition coefficient (Wildman–Crippen LogP) is 2.11. The Bertz CT molecular complexity index is 516. The third kappa shape index (κ3) is 6.70. The second-order valence-corrected chi connectivity index (χ2v) is 5.45. The zero-order chi connectivity index (χ0) is 15.2. The number of amides is 1. The van der Waals surface area contributed by atoms with Gasteiger partial charge in [-0.15, -0.1) is 0 Å². The highest BCUT2D eigenvalue weighted by molar-refractivity contribution is 5.92. The quantitative estimate of drug-likeness (QED) is 0.720. The lowest BCUT2D eigenvalue weighted by Crippen LogP contribution is -2.41. The molecule has 0 atom stereocenters. The number of carboxylic acids is 1. The van der Waals surface area contributed by atoms with E-state index in [1.54, 1.807) is 24.3 Å². The summed E-state index contributed by atoms with van der Waals surface area (Å²) in [5, 5.41) is 14.4. The van der Waals surface area contributed by atoms with Crippen molar-refractivity contribution < 1.29 is 14.7 Å². The van der Waals surface area contributed by atoms with Crippen molar-refractivity contribution in [1.82, 2.24) is 5.32 Å². The maximum atomic E-state index is 11.8. The lowest BCUT2D eigenvalue weighted by molar-refractivity contribution is -0.131. The Labute approximate surface area is 118 Å². The predicted molar refractivity (Wildman–Crippen MR) is 79.5 cm³/mol. The molecule has 0 aliphatic carbocycles. The van der Waals surface area contributed by atoms with Crippen LogP contribution in [0.15, 0.2) is 30.3 Å². The Balaban J connectivity index is 2.62. The first kappa shape index (κ1) is 15.9. The summed E-state index contributed by atoms with van der Waals surface area (Å²) in [5.41, 5.74) is 1.23. The van der Waals surface area contributed by atoms with Gasteiger partial charge in [0.25, 0.3) is 0 Å². The Morgan fingerprint density at radius 3 is 2.60 bits per heavy atom. The summed E-state index contributed by atoms with van der Waals surface area (Å²) in [6.07, 6.45) is 2.54. The van der Waals surface area contributed by atoms with Crippen molar-refractivity contribution in [3.63, 3.8) is 0 Å². The van der Waals surface area contributed by atoms with Crippen molar-refractivity contribution in [3.05, 3.63) is 35.9 Å². The molecule has 0 heterocycles. The molecule has 108 valence electrons. The van der Waals surface area contributed by atoms with E-state index in [-0.39, 0.29) is 18.0 Å². The highest BCUT2D eigenvalue weighted by Gasteiger charge is 2.11. The lowest BCUT2D eigenvalue weighted by Gasteiger charge is -2.20. The van der Waals surface area contributed by atoms with E-state index in [1.165, 1.54) is 6.08 Å². The lowest BCUT2D eigenvalue weighted by atomic mass is 10.1. The van der Waals surface area contributed by atoms with Crippen LogP contribution in [0.1, 0.15) is 26.3 Å². The van der Waals surface area contributed by atoms with E-state index < -0.39 is 5.97 Å². The zero-order valence-electron chi connectivity index (χ0n) is 11.9. The van der Waals surface area contributed by atoms with Gasteiger partial charge in [0.1, 0.15) is 0 Å². The maximum absolute atomic E-state index is 11.8. The van der Waals surface area contributed by atoms with E-state index in [0.717, 1.165) is 6.08 Å². The molecule has 0 saturated carbocycles. The zero-order valence-corrected chi connectivity index (χ0v) is 11.9. The molecule has 20 heavy (non-hydrogen) atoms. The van der Waals surface area contributed by atoms with Crippen molar-refractivity contribution in [2.45, 2.75) is 26.3 Å². The minimum absolute atomic E-state index is 0.122. The normalized spacial score (nSPS) is 11.6. The van der Waals surface area contributed by atoms with Crippen LogP contribution in [0.2, 0.25) is 0 Å². The number of carboxylic acid groups (broad SMARTS) is 1. The van der Waals surface area contributed by atoms with Crippen LogP contribution < -0.4 is 10.6 Å². The summed E-state index contributed by atoms with van der Waals surface area (Å²) in [6.45, 7) is 6.17. The Morgan fingerprint density at radius 1 is 1.30 bits per heavy atom. The molecule has 0 radical (unpaired) electrons. The highest BCUT2D eigenvalue weighted by atomic mass is 16.4. The SMILES string of the molecule is CC(C)(C)NCC(=O)Nc1cccc(/C=C/C(=O)O)c1. The molecule has 0 aliphatic rings. The molecule has 0 saturated heterocycles. The summed E-state index contributed by atoms with van der Waals surface area (Å²) in [5.74, 6) is -1.15. The smallest absolute Gasteiger partial charge is 0.328 e. The fraction of sp³-hybridized carbons (Fsp3) is 0.333. The summed E-state index contributed by atoms with van der Waals surface area (Å²) in [4.78, 5) is 22.2. The summed E-state index contributed by atoms with van der Waals surface area (Å²) >= 11 is 0. The largest absolute Gasteiger partial charge is 0.478 e. The van der Waals surface area contributed by atoms with Crippen molar-refractivity contribution in [3.8, 4) is 0 Å². The Kier molecular flexibility index (Phi) is 5.46. The van der Waals surface area contributed by atoms with Crippen molar-refractivity contribution in [1.29, 1.82) is 0 Å². The molecule has 1 aromatic carbocycles. The first-order valence-corrected chi connectivity index (χ1v) is 6.32. The number of hydrogen-bond donors (Lipinski definition) is 3. The molecular weight excluding hydrogens is 256 g/mol. The molecule has 1 rings (SSSR count). The van der Waals surface area contributed by atoms with Crippen LogP contribution in [0, 0.1) is 0 Å². The van der Waals surface area contributed by atoms with Crippen molar-refractivity contribution in [2.75, 3.05) is 11.9 Å². The Hall–Kier alpha value is -2.14. The molecule has 0 spiro atoms. The van der Waals surface area contributed by atoms with E-state index in [2.05, 4.69) is 10.6 Å². The van der Waals surface area contributed by atoms with Crippen molar-refractivity contribution >= 4 is 23.6 Å². The second kappa shape index (κ2) is 6.86. The molecular formula is C15H20N2O3. The van der Waals surface area contributed by atoms with E-state index in [9.17, 15) is 9.59 Å². The Morgan fingerprint density at radius 2 is 2.00 bits per heavy atom. The average Bonchev–Trinajstić information content (AvgIpc) is 2.34. The van der Waals surface area contributed by atoms with Crippen LogP contribution in [-0.2, 0) is 9.59 Å². The molecule has 1 amide bonds. The van der Waals surface area contributed by atoms with Gasteiger partial charge < -0.3 is 15.7 Å². The topological polar surface area (TPSA) is 78.4 Å². The van der Waals surface area contributed by atoms with E-state index in [4.69, 9.17) is 5.11 Å². The molecule has 5 nitrogen and oxygen atoms in total. The van der Waals surface area contributed by atoms with Crippen LogP contribution in [0.4, 0.5) is 5.69 Å². The number of carbonyl (C=O) groups excluding carboxylic acids is 1. The third-order valence-electron chi connectivity index (χ3n) is 2.37. The van der Waals surface area contributed by atoms with Crippen LogP contribution in [0.25, 0.3) is 6.08 Å². The van der Waals surface area contributed by atoms with Gasteiger partial charge in [0, 0.05) is 17.3 Å². The standard InChI is InChI=1S/C15H20N2O3/c1-15(2,3)16-10-13(18)17-12-6-4-5-11(9-12)7-8-14(19)20/h4-9,16H,10H2,1-3H3,(H,17,18)(H,19,20)/b8-7+. The molecule has 0 aliphatic heterocycles. The van der Waals surface area contributed by atoms with Gasteiger partial charge >= 0.3 is 5.97 Å². The van der Waals surface area contributed by atoms with Gasteiger partial charge in [0.15, 0.2) is 0 Å². The number of anilines is 1. The van der Waals surface area contributed by atoms with Gasteiger partial charge in [-0.05, 0) is 44.5 Å². The number of carbonyl (C=O) groups is 2. The van der Waals surface area contributed by atoms with Gasteiger partial charge in [-0.1, -0.05) is 12.1 Å². The summed E-state index contributed by atoms with van der Waals surface area (Å²) in [7, 11) is 0. The fourth-order valence-electron chi connectivity index (χ4n) is 1.44.